The number of methoxy groups -OCH3 is 1. The summed E-state index contributed by atoms with van der Waals surface area (Å²) in [4.78, 5) is 19.3. The second kappa shape index (κ2) is 6.12. The topological polar surface area (TPSA) is 124 Å². The standard InChI is InChI=1S/C8H8O5.CH2O2/c1-13-8(12)4-2-5(9)7(11)6(10)3-4;2-1-3/h2-3,9-11H,1H3;1H,(H,2,3). The molecule has 0 atom stereocenters. The maximum atomic E-state index is 10.9. The lowest BCUT2D eigenvalue weighted by Gasteiger charge is -2.03. The second-order valence-corrected chi connectivity index (χ2v) is 2.46. The molecule has 0 amide bonds. The van der Waals surface area contributed by atoms with Crippen LogP contribution in [0.4, 0.5) is 0 Å². The summed E-state index contributed by atoms with van der Waals surface area (Å²) in [5.41, 5.74) is -0.0321. The predicted octanol–water partition coefficient (Wildman–Crippen LogP) is 0.291. The Bertz CT molecular complexity index is 362. The molecule has 0 saturated heterocycles. The molecule has 0 unspecified atom stereocenters. The summed E-state index contributed by atoms with van der Waals surface area (Å²) in [6.07, 6.45) is 0. The normalized spacial score (nSPS) is 8.56. The highest BCUT2D eigenvalue weighted by Crippen LogP contribution is 2.35. The maximum absolute atomic E-state index is 10.9. The van der Waals surface area contributed by atoms with Crippen molar-refractivity contribution >= 4 is 12.4 Å². The number of phenolic OH excluding ortho intramolecular Hbond substituents is 3. The minimum atomic E-state index is -0.703. The minimum absolute atomic E-state index is 0.0321. The Morgan fingerprint density at radius 1 is 1.25 bits per heavy atom. The van der Waals surface area contributed by atoms with Crippen LogP contribution in [0, 0.1) is 0 Å². The Hall–Kier alpha value is -2.44. The molecule has 0 heterocycles. The van der Waals surface area contributed by atoms with E-state index in [-0.39, 0.29) is 12.0 Å². The summed E-state index contributed by atoms with van der Waals surface area (Å²) in [6, 6.07) is 2.00. The lowest BCUT2D eigenvalue weighted by molar-refractivity contribution is -0.122. The Labute approximate surface area is 90.1 Å². The highest BCUT2D eigenvalue weighted by atomic mass is 16.5. The highest BCUT2D eigenvalue weighted by Gasteiger charge is 2.13. The van der Waals surface area contributed by atoms with Crippen LogP contribution in [0.25, 0.3) is 0 Å². The van der Waals surface area contributed by atoms with Crippen molar-refractivity contribution in [3.05, 3.63) is 17.7 Å². The van der Waals surface area contributed by atoms with Crippen LogP contribution in [-0.4, -0.2) is 40.0 Å². The van der Waals surface area contributed by atoms with Gasteiger partial charge in [0.05, 0.1) is 12.7 Å². The lowest BCUT2D eigenvalue weighted by Crippen LogP contribution is -2.00. The van der Waals surface area contributed by atoms with Crippen LogP contribution < -0.4 is 0 Å². The van der Waals surface area contributed by atoms with E-state index in [4.69, 9.17) is 25.2 Å². The first-order valence-corrected chi connectivity index (χ1v) is 3.89. The molecule has 7 nitrogen and oxygen atoms in total. The summed E-state index contributed by atoms with van der Waals surface area (Å²) in [5.74, 6) is -2.50. The molecule has 0 aliphatic rings. The first kappa shape index (κ1) is 13.6. The smallest absolute Gasteiger partial charge is 0.338 e. The molecule has 16 heavy (non-hydrogen) atoms. The molecule has 0 fully saturated rings. The van der Waals surface area contributed by atoms with E-state index < -0.39 is 23.2 Å². The van der Waals surface area contributed by atoms with Gasteiger partial charge in [-0.15, -0.1) is 0 Å². The van der Waals surface area contributed by atoms with Crippen LogP contribution in [0.2, 0.25) is 0 Å². The largest absolute Gasteiger partial charge is 0.504 e. The van der Waals surface area contributed by atoms with E-state index in [0.717, 1.165) is 12.1 Å². The summed E-state index contributed by atoms with van der Waals surface area (Å²) in [7, 11) is 1.17. The van der Waals surface area contributed by atoms with Gasteiger partial charge in [0.25, 0.3) is 6.47 Å². The summed E-state index contributed by atoms with van der Waals surface area (Å²) in [5, 5.41) is 33.8. The zero-order valence-corrected chi connectivity index (χ0v) is 8.25. The van der Waals surface area contributed by atoms with Gasteiger partial charge in [0.1, 0.15) is 0 Å². The molecule has 0 aromatic heterocycles. The monoisotopic (exact) mass is 230 g/mol. The minimum Gasteiger partial charge on any atom is -0.504 e. The van der Waals surface area contributed by atoms with E-state index in [2.05, 4.69) is 4.74 Å². The van der Waals surface area contributed by atoms with Gasteiger partial charge in [-0.1, -0.05) is 0 Å². The van der Waals surface area contributed by atoms with E-state index in [1.165, 1.54) is 7.11 Å². The van der Waals surface area contributed by atoms with Crippen molar-refractivity contribution in [2.45, 2.75) is 0 Å². The molecule has 0 bridgehead atoms. The van der Waals surface area contributed by atoms with Crippen LogP contribution in [0.3, 0.4) is 0 Å². The fraction of sp³-hybridized carbons (Fsp3) is 0.111. The van der Waals surface area contributed by atoms with Crippen molar-refractivity contribution in [2.75, 3.05) is 7.11 Å². The number of hydrogen-bond donors (Lipinski definition) is 4. The molecule has 0 saturated carbocycles. The predicted molar refractivity (Wildman–Crippen MR) is 51.5 cm³/mol. The molecule has 1 aromatic rings. The fourth-order valence-corrected chi connectivity index (χ4v) is 0.840. The Morgan fingerprint density at radius 3 is 1.94 bits per heavy atom. The van der Waals surface area contributed by atoms with E-state index in [0.29, 0.717) is 0 Å². The number of carbonyl (C=O) groups excluding carboxylic acids is 1. The third-order valence-electron chi connectivity index (χ3n) is 1.49. The number of ether oxygens (including phenoxy) is 1. The number of benzene rings is 1. The Balaban J connectivity index is 0.000000673. The number of phenols is 3. The van der Waals surface area contributed by atoms with Crippen molar-refractivity contribution < 1.29 is 34.8 Å². The van der Waals surface area contributed by atoms with Gasteiger partial charge in [0, 0.05) is 0 Å². The van der Waals surface area contributed by atoms with Crippen LogP contribution in [-0.2, 0) is 9.53 Å². The average molecular weight is 230 g/mol. The Morgan fingerprint density at radius 2 is 1.62 bits per heavy atom. The first-order chi connectivity index (χ1) is 7.47. The van der Waals surface area contributed by atoms with Crippen molar-refractivity contribution in [3.8, 4) is 17.2 Å². The quantitative estimate of drug-likeness (QED) is 0.310. The highest BCUT2D eigenvalue weighted by molar-refractivity contribution is 5.90. The molecule has 0 aliphatic heterocycles. The van der Waals surface area contributed by atoms with Crippen molar-refractivity contribution in [2.24, 2.45) is 0 Å². The van der Waals surface area contributed by atoms with Crippen LogP contribution in [0.1, 0.15) is 10.4 Å². The zero-order chi connectivity index (χ0) is 12.7. The van der Waals surface area contributed by atoms with E-state index in [9.17, 15) is 4.79 Å². The molecule has 7 heteroatoms. The lowest BCUT2D eigenvalue weighted by atomic mass is 10.2. The third-order valence-corrected chi connectivity index (χ3v) is 1.49. The first-order valence-electron chi connectivity index (χ1n) is 3.89. The SMILES string of the molecule is COC(=O)c1cc(O)c(O)c(O)c1.O=CO. The van der Waals surface area contributed by atoms with Gasteiger partial charge in [-0.2, -0.15) is 0 Å². The van der Waals surface area contributed by atoms with Gasteiger partial charge >= 0.3 is 5.97 Å². The molecular formula is C9H10O7. The zero-order valence-electron chi connectivity index (χ0n) is 8.25. The summed E-state index contributed by atoms with van der Waals surface area (Å²) < 4.78 is 4.34. The molecule has 88 valence electrons. The van der Waals surface area contributed by atoms with E-state index in [1.807, 2.05) is 0 Å². The molecule has 0 radical (unpaired) electrons. The molecule has 1 aromatic carbocycles. The summed E-state index contributed by atoms with van der Waals surface area (Å²) >= 11 is 0. The molecule has 1 rings (SSSR count). The maximum Gasteiger partial charge on any atom is 0.338 e. The van der Waals surface area contributed by atoms with Crippen LogP contribution >= 0.6 is 0 Å². The van der Waals surface area contributed by atoms with E-state index in [1.54, 1.807) is 0 Å². The number of rotatable bonds is 1. The number of hydrogen-bond acceptors (Lipinski definition) is 6. The van der Waals surface area contributed by atoms with Gasteiger partial charge < -0.3 is 25.2 Å². The number of carbonyl (C=O) groups is 2. The van der Waals surface area contributed by atoms with Gasteiger partial charge in [0.15, 0.2) is 17.2 Å². The van der Waals surface area contributed by atoms with Gasteiger partial charge in [-0.3, -0.25) is 4.79 Å². The van der Waals surface area contributed by atoms with Crippen LogP contribution in [0.5, 0.6) is 17.2 Å². The Kier molecular flexibility index (Phi) is 5.19. The summed E-state index contributed by atoms with van der Waals surface area (Å²) in [6.45, 7) is -0.250. The van der Waals surface area contributed by atoms with Crippen molar-refractivity contribution in [3.63, 3.8) is 0 Å². The molecule has 0 spiro atoms. The van der Waals surface area contributed by atoms with Gasteiger partial charge in [0.2, 0.25) is 0 Å². The fourth-order valence-electron chi connectivity index (χ4n) is 0.840. The van der Waals surface area contributed by atoms with Gasteiger partial charge in [-0.05, 0) is 12.1 Å². The van der Waals surface area contributed by atoms with E-state index >= 15 is 0 Å². The molecule has 0 aliphatic carbocycles. The number of esters is 1. The van der Waals surface area contributed by atoms with Crippen molar-refractivity contribution in [1.29, 1.82) is 0 Å². The number of aromatic hydroxyl groups is 3. The van der Waals surface area contributed by atoms with Crippen LogP contribution in [0.15, 0.2) is 12.1 Å². The van der Waals surface area contributed by atoms with Crippen molar-refractivity contribution in [1.82, 2.24) is 0 Å². The molecular weight excluding hydrogens is 220 g/mol. The average Bonchev–Trinajstić information content (AvgIpc) is 2.25. The third kappa shape index (κ3) is 3.37. The second-order valence-electron chi connectivity index (χ2n) is 2.46. The molecule has 4 N–H and O–H groups in total. The number of carboxylic acid groups (broad SMARTS) is 1. The van der Waals surface area contributed by atoms with Gasteiger partial charge in [-0.25, -0.2) is 4.79 Å².